The number of oxime groups is 1. The van der Waals surface area contributed by atoms with Crippen LogP contribution in [0.15, 0.2) is 41.6 Å². The van der Waals surface area contributed by atoms with E-state index in [0.29, 0.717) is 12.2 Å². The predicted molar refractivity (Wildman–Crippen MR) is 86.8 cm³/mol. The highest BCUT2D eigenvalue weighted by Crippen LogP contribution is 2.38. The average Bonchev–Trinajstić information content (AvgIpc) is 2.57. The van der Waals surface area contributed by atoms with Gasteiger partial charge in [-0.2, -0.15) is 0 Å². The van der Waals surface area contributed by atoms with Crippen molar-refractivity contribution in [2.24, 2.45) is 5.16 Å². The molecule has 10 nitrogen and oxygen atoms in total. The Balaban J connectivity index is 2.44. The summed E-state index contributed by atoms with van der Waals surface area (Å²) in [6.45, 7) is 2.04. The molecule has 0 radical (unpaired) electrons. The molecule has 10 heteroatoms. The van der Waals surface area contributed by atoms with Gasteiger partial charge in [0.25, 0.3) is 5.69 Å². The first-order valence-corrected chi connectivity index (χ1v) is 7.01. The maximum Gasteiger partial charge on any atom is 0.318 e. The van der Waals surface area contributed by atoms with Crippen molar-refractivity contribution in [2.75, 3.05) is 6.61 Å². The van der Waals surface area contributed by atoms with Crippen LogP contribution in [0, 0.1) is 20.2 Å². The SMILES string of the molecule is CCOc1cc(C=NO)ccc1Oc1ccc([N+](=O)[O-])cc1[N+](=O)[O-]. The number of hydrogen-bond donors (Lipinski definition) is 1. The van der Waals surface area contributed by atoms with Gasteiger partial charge in [-0.25, -0.2) is 0 Å². The van der Waals surface area contributed by atoms with E-state index in [1.807, 2.05) is 0 Å². The van der Waals surface area contributed by atoms with E-state index in [9.17, 15) is 20.2 Å². The topological polar surface area (TPSA) is 137 Å². The monoisotopic (exact) mass is 347 g/mol. The highest BCUT2D eigenvalue weighted by Gasteiger charge is 2.22. The number of benzene rings is 2. The van der Waals surface area contributed by atoms with Gasteiger partial charge in [0.05, 0.1) is 28.7 Å². The van der Waals surface area contributed by atoms with Crippen LogP contribution in [0.5, 0.6) is 17.2 Å². The Morgan fingerprint density at radius 1 is 1.08 bits per heavy atom. The van der Waals surface area contributed by atoms with Gasteiger partial charge in [-0.05, 0) is 31.2 Å². The van der Waals surface area contributed by atoms with Gasteiger partial charge in [-0.3, -0.25) is 20.2 Å². The van der Waals surface area contributed by atoms with Crippen LogP contribution in [-0.4, -0.2) is 27.9 Å². The Hall–Kier alpha value is -3.69. The fourth-order valence-electron chi connectivity index (χ4n) is 1.99. The molecule has 0 unspecified atom stereocenters. The lowest BCUT2D eigenvalue weighted by molar-refractivity contribution is -0.394. The Morgan fingerprint density at radius 2 is 1.80 bits per heavy atom. The molecule has 2 aromatic rings. The molecule has 0 aliphatic heterocycles. The summed E-state index contributed by atoms with van der Waals surface area (Å²) in [6, 6.07) is 7.63. The Morgan fingerprint density at radius 3 is 2.40 bits per heavy atom. The molecular formula is C15H13N3O7. The minimum absolute atomic E-state index is 0.167. The van der Waals surface area contributed by atoms with Gasteiger partial charge in [-0.15, -0.1) is 0 Å². The summed E-state index contributed by atoms with van der Waals surface area (Å²) in [4.78, 5) is 20.4. The Labute approximate surface area is 141 Å². The summed E-state index contributed by atoms with van der Waals surface area (Å²) in [6.07, 6.45) is 1.18. The summed E-state index contributed by atoms with van der Waals surface area (Å²) in [7, 11) is 0. The third-order valence-electron chi connectivity index (χ3n) is 3.04. The standard InChI is InChI=1S/C15H13N3O7/c1-2-24-15-7-10(9-16-19)3-5-14(15)25-13-6-4-11(17(20)21)8-12(13)18(22)23/h3-9,19H,2H2,1H3. The molecule has 0 aliphatic carbocycles. The number of hydrogen-bond acceptors (Lipinski definition) is 8. The third-order valence-corrected chi connectivity index (χ3v) is 3.04. The first-order chi connectivity index (χ1) is 12.0. The van der Waals surface area contributed by atoms with Gasteiger partial charge < -0.3 is 14.7 Å². The van der Waals surface area contributed by atoms with Gasteiger partial charge in [0.2, 0.25) is 5.75 Å². The van der Waals surface area contributed by atoms with Crippen molar-refractivity contribution in [2.45, 2.75) is 6.92 Å². The van der Waals surface area contributed by atoms with Crippen molar-refractivity contribution in [1.82, 2.24) is 0 Å². The summed E-state index contributed by atoms with van der Waals surface area (Å²) in [5.74, 6) is 0.279. The highest BCUT2D eigenvalue weighted by molar-refractivity contribution is 5.80. The zero-order chi connectivity index (χ0) is 18.4. The van der Waals surface area contributed by atoms with Crippen molar-refractivity contribution in [3.63, 3.8) is 0 Å². The number of ether oxygens (including phenoxy) is 2. The molecule has 0 aliphatic rings. The van der Waals surface area contributed by atoms with E-state index in [-0.39, 0.29) is 17.2 Å². The minimum Gasteiger partial charge on any atom is -0.490 e. The smallest absolute Gasteiger partial charge is 0.318 e. The van der Waals surface area contributed by atoms with Crippen molar-refractivity contribution in [1.29, 1.82) is 0 Å². The van der Waals surface area contributed by atoms with Crippen LogP contribution in [0.2, 0.25) is 0 Å². The zero-order valence-electron chi connectivity index (χ0n) is 13.0. The van der Waals surface area contributed by atoms with E-state index < -0.39 is 21.2 Å². The average molecular weight is 347 g/mol. The molecule has 1 N–H and O–H groups in total. The molecule has 0 saturated heterocycles. The maximum atomic E-state index is 11.2. The summed E-state index contributed by atoms with van der Waals surface area (Å²) < 4.78 is 10.9. The van der Waals surface area contributed by atoms with Crippen LogP contribution >= 0.6 is 0 Å². The number of rotatable bonds is 7. The lowest BCUT2D eigenvalue weighted by atomic mass is 10.2. The van der Waals surface area contributed by atoms with E-state index in [0.717, 1.165) is 18.2 Å². The van der Waals surface area contributed by atoms with E-state index in [1.54, 1.807) is 13.0 Å². The predicted octanol–water partition coefficient (Wildman–Crippen LogP) is 3.50. The second-order valence-corrected chi connectivity index (χ2v) is 4.65. The normalized spacial score (nSPS) is 10.6. The molecule has 0 amide bonds. The summed E-state index contributed by atoms with van der Waals surface area (Å²) in [5, 5.41) is 33.4. The molecule has 0 saturated carbocycles. The Bertz CT molecular complexity index is 836. The van der Waals surface area contributed by atoms with Crippen molar-refractivity contribution in [3.05, 3.63) is 62.2 Å². The molecule has 25 heavy (non-hydrogen) atoms. The van der Waals surface area contributed by atoms with Gasteiger partial charge in [0.15, 0.2) is 11.5 Å². The highest BCUT2D eigenvalue weighted by atomic mass is 16.6. The quantitative estimate of drug-likeness (QED) is 0.350. The fraction of sp³-hybridized carbons (Fsp3) is 0.133. The lowest BCUT2D eigenvalue weighted by Crippen LogP contribution is -1.99. The summed E-state index contributed by atoms with van der Waals surface area (Å²) >= 11 is 0. The number of nitro benzene ring substituents is 2. The Kier molecular flexibility index (Phi) is 5.46. The lowest BCUT2D eigenvalue weighted by Gasteiger charge is -2.12. The fourth-order valence-corrected chi connectivity index (χ4v) is 1.99. The van der Waals surface area contributed by atoms with E-state index in [1.165, 1.54) is 18.3 Å². The zero-order valence-corrected chi connectivity index (χ0v) is 13.0. The largest absolute Gasteiger partial charge is 0.490 e. The van der Waals surface area contributed by atoms with E-state index in [4.69, 9.17) is 14.7 Å². The van der Waals surface area contributed by atoms with Crippen LogP contribution in [0.4, 0.5) is 11.4 Å². The van der Waals surface area contributed by atoms with Crippen molar-refractivity contribution < 1.29 is 24.5 Å². The molecule has 2 rings (SSSR count). The van der Waals surface area contributed by atoms with Gasteiger partial charge in [0, 0.05) is 11.6 Å². The second-order valence-electron chi connectivity index (χ2n) is 4.65. The third kappa shape index (κ3) is 4.19. The van der Waals surface area contributed by atoms with Gasteiger partial charge in [-0.1, -0.05) is 5.16 Å². The minimum atomic E-state index is -0.768. The van der Waals surface area contributed by atoms with Crippen LogP contribution in [0.3, 0.4) is 0 Å². The van der Waals surface area contributed by atoms with Crippen molar-refractivity contribution >= 4 is 17.6 Å². The summed E-state index contributed by atoms with van der Waals surface area (Å²) in [5.41, 5.74) is -0.437. The molecule has 0 spiro atoms. The van der Waals surface area contributed by atoms with Crippen LogP contribution in [0.1, 0.15) is 12.5 Å². The maximum absolute atomic E-state index is 11.2. The van der Waals surface area contributed by atoms with Gasteiger partial charge in [0.1, 0.15) is 0 Å². The van der Waals surface area contributed by atoms with E-state index in [2.05, 4.69) is 5.16 Å². The molecule has 2 aromatic carbocycles. The van der Waals surface area contributed by atoms with Crippen LogP contribution < -0.4 is 9.47 Å². The number of non-ortho nitro benzene ring substituents is 1. The molecular weight excluding hydrogens is 334 g/mol. The first kappa shape index (κ1) is 17.7. The molecule has 0 fully saturated rings. The number of nitrogens with zero attached hydrogens (tertiary/aromatic N) is 3. The first-order valence-electron chi connectivity index (χ1n) is 7.01. The molecule has 0 atom stereocenters. The van der Waals surface area contributed by atoms with Crippen LogP contribution in [-0.2, 0) is 0 Å². The second kappa shape index (κ2) is 7.73. The molecule has 130 valence electrons. The molecule has 0 heterocycles. The van der Waals surface area contributed by atoms with Gasteiger partial charge >= 0.3 is 5.69 Å². The molecule has 0 bridgehead atoms. The van der Waals surface area contributed by atoms with Crippen LogP contribution in [0.25, 0.3) is 0 Å². The van der Waals surface area contributed by atoms with Crippen molar-refractivity contribution in [3.8, 4) is 17.2 Å². The molecule has 0 aromatic heterocycles. The number of nitro groups is 2. The van der Waals surface area contributed by atoms with E-state index >= 15 is 0 Å².